The van der Waals surface area contributed by atoms with Gasteiger partial charge in [0, 0.05) is 24.8 Å². The molecule has 0 radical (unpaired) electrons. The van der Waals surface area contributed by atoms with Gasteiger partial charge in [0.2, 0.25) is 0 Å². The Morgan fingerprint density at radius 2 is 2.33 bits per heavy atom. The van der Waals surface area contributed by atoms with Crippen molar-refractivity contribution in [2.24, 2.45) is 5.92 Å². The fourth-order valence-corrected chi connectivity index (χ4v) is 1.99. The summed E-state index contributed by atoms with van der Waals surface area (Å²) in [6, 6.07) is 5.46. The highest BCUT2D eigenvalue weighted by atomic mass is 16.5. The number of rotatable bonds is 6. The van der Waals surface area contributed by atoms with Crippen molar-refractivity contribution in [3.8, 4) is 11.5 Å². The second-order valence-electron chi connectivity index (χ2n) is 5.01. The molecule has 0 spiro atoms. The van der Waals surface area contributed by atoms with Crippen molar-refractivity contribution >= 4 is 0 Å². The van der Waals surface area contributed by atoms with E-state index in [0.717, 1.165) is 24.5 Å². The van der Waals surface area contributed by atoms with Crippen LogP contribution in [0.25, 0.3) is 0 Å². The van der Waals surface area contributed by atoms with E-state index in [1.165, 1.54) is 0 Å². The van der Waals surface area contributed by atoms with Crippen LogP contribution in [-0.4, -0.2) is 31.5 Å². The summed E-state index contributed by atoms with van der Waals surface area (Å²) in [7, 11) is 0. The summed E-state index contributed by atoms with van der Waals surface area (Å²) in [5.41, 5.74) is 1.11. The van der Waals surface area contributed by atoms with Crippen LogP contribution < -0.4 is 10.1 Å². The maximum absolute atomic E-state index is 9.36. The standard InChI is InChI=1S/C14H21NO3/c1-10(2)8-17-6-5-15-13-9-18-14-7-11(16)3-4-12(13)14/h3-4,7,10,13,15-16H,5-6,8-9H2,1-2H3. The maximum atomic E-state index is 9.36. The number of hydrogen-bond donors (Lipinski definition) is 2. The minimum absolute atomic E-state index is 0.197. The SMILES string of the molecule is CC(C)COCCNC1COc2cc(O)ccc21. The summed E-state index contributed by atoms with van der Waals surface area (Å²) in [5, 5.41) is 12.8. The Hall–Kier alpha value is -1.26. The predicted molar refractivity (Wildman–Crippen MR) is 70.0 cm³/mol. The largest absolute Gasteiger partial charge is 0.508 e. The molecule has 1 aromatic carbocycles. The summed E-state index contributed by atoms with van der Waals surface area (Å²) >= 11 is 0. The van der Waals surface area contributed by atoms with Crippen molar-refractivity contribution < 1.29 is 14.6 Å². The van der Waals surface area contributed by atoms with E-state index in [0.29, 0.717) is 19.1 Å². The minimum Gasteiger partial charge on any atom is -0.508 e. The van der Waals surface area contributed by atoms with Crippen molar-refractivity contribution in [2.45, 2.75) is 19.9 Å². The molecule has 1 unspecified atom stereocenters. The molecule has 0 aliphatic carbocycles. The summed E-state index contributed by atoms with van der Waals surface area (Å²) < 4.78 is 11.0. The average molecular weight is 251 g/mol. The van der Waals surface area contributed by atoms with E-state index < -0.39 is 0 Å². The Bertz CT molecular complexity index is 393. The van der Waals surface area contributed by atoms with Gasteiger partial charge < -0.3 is 19.9 Å². The van der Waals surface area contributed by atoms with Crippen LogP contribution in [-0.2, 0) is 4.74 Å². The number of fused-ring (bicyclic) bond motifs is 1. The molecule has 1 aliphatic rings. The highest BCUT2D eigenvalue weighted by Crippen LogP contribution is 2.34. The van der Waals surface area contributed by atoms with Gasteiger partial charge in [0.1, 0.15) is 18.1 Å². The first-order valence-electron chi connectivity index (χ1n) is 6.43. The topological polar surface area (TPSA) is 50.7 Å². The van der Waals surface area contributed by atoms with Gasteiger partial charge in [-0.1, -0.05) is 13.8 Å². The lowest BCUT2D eigenvalue weighted by Gasteiger charge is -2.12. The van der Waals surface area contributed by atoms with Gasteiger partial charge in [-0.3, -0.25) is 0 Å². The lowest BCUT2D eigenvalue weighted by atomic mass is 10.1. The first-order valence-corrected chi connectivity index (χ1v) is 6.43. The third kappa shape index (κ3) is 3.37. The normalized spacial score (nSPS) is 17.8. The first-order chi connectivity index (χ1) is 8.66. The summed E-state index contributed by atoms with van der Waals surface area (Å²) in [5.74, 6) is 1.59. The Kier molecular flexibility index (Phi) is 4.44. The van der Waals surface area contributed by atoms with E-state index in [2.05, 4.69) is 19.2 Å². The van der Waals surface area contributed by atoms with E-state index in [1.54, 1.807) is 12.1 Å². The molecule has 4 nitrogen and oxygen atoms in total. The molecule has 2 N–H and O–H groups in total. The van der Waals surface area contributed by atoms with Crippen LogP contribution in [0.1, 0.15) is 25.5 Å². The van der Waals surface area contributed by atoms with E-state index in [1.807, 2.05) is 6.07 Å². The molecule has 0 saturated carbocycles. The maximum Gasteiger partial charge on any atom is 0.127 e. The van der Waals surface area contributed by atoms with Crippen molar-refractivity contribution in [2.75, 3.05) is 26.4 Å². The van der Waals surface area contributed by atoms with Crippen LogP contribution in [0.4, 0.5) is 0 Å². The predicted octanol–water partition coefficient (Wildman–Crippen LogP) is 2.09. The minimum atomic E-state index is 0.197. The molecule has 1 aliphatic heterocycles. The van der Waals surface area contributed by atoms with Gasteiger partial charge in [0.05, 0.1) is 12.6 Å². The van der Waals surface area contributed by atoms with Gasteiger partial charge in [-0.05, 0) is 18.1 Å². The van der Waals surface area contributed by atoms with Gasteiger partial charge in [-0.2, -0.15) is 0 Å². The third-order valence-corrected chi connectivity index (χ3v) is 2.87. The second kappa shape index (κ2) is 6.07. The van der Waals surface area contributed by atoms with E-state index in [4.69, 9.17) is 9.47 Å². The van der Waals surface area contributed by atoms with E-state index >= 15 is 0 Å². The molecule has 0 fully saturated rings. The Labute approximate surface area is 108 Å². The van der Waals surface area contributed by atoms with Crippen molar-refractivity contribution in [1.29, 1.82) is 0 Å². The number of ether oxygens (including phenoxy) is 2. The van der Waals surface area contributed by atoms with Gasteiger partial charge in [-0.25, -0.2) is 0 Å². The highest BCUT2D eigenvalue weighted by Gasteiger charge is 2.23. The van der Waals surface area contributed by atoms with Crippen molar-refractivity contribution in [3.05, 3.63) is 23.8 Å². The molecule has 2 rings (SSSR count). The average Bonchev–Trinajstić information content (AvgIpc) is 2.70. The van der Waals surface area contributed by atoms with Gasteiger partial charge >= 0.3 is 0 Å². The summed E-state index contributed by atoms with van der Waals surface area (Å²) in [6.07, 6.45) is 0. The van der Waals surface area contributed by atoms with Gasteiger partial charge in [-0.15, -0.1) is 0 Å². The number of hydrogen-bond acceptors (Lipinski definition) is 4. The monoisotopic (exact) mass is 251 g/mol. The molecule has 1 aromatic rings. The molecule has 100 valence electrons. The summed E-state index contributed by atoms with van der Waals surface area (Å²) in [4.78, 5) is 0. The van der Waals surface area contributed by atoms with Gasteiger partial charge in [0.25, 0.3) is 0 Å². The number of aromatic hydroxyl groups is 1. The smallest absolute Gasteiger partial charge is 0.127 e. The van der Waals surface area contributed by atoms with Crippen molar-refractivity contribution in [1.82, 2.24) is 5.32 Å². The lowest BCUT2D eigenvalue weighted by molar-refractivity contribution is 0.109. The fraction of sp³-hybridized carbons (Fsp3) is 0.571. The number of phenols is 1. The van der Waals surface area contributed by atoms with Crippen LogP contribution >= 0.6 is 0 Å². The van der Waals surface area contributed by atoms with Crippen molar-refractivity contribution in [3.63, 3.8) is 0 Å². The molecule has 1 heterocycles. The Morgan fingerprint density at radius 3 is 3.11 bits per heavy atom. The molecule has 0 aromatic heterocycles. The van der Waals surface area contributed by atoms with E-state index in [-0.39, 0.29) is 11.8 Å². The Morgan fingerprint density at radius 1 is 1.50 bits per heavy atom. The molecule has 0 amide bonds. The zero-order chi connectivity index (χ0) is 13.0. The number of benzene rings is 1. The molecule has 0 bridgehead atoms. The van der Waals surface area contributed by atoms with Crippen LogP contribution in [0.15, 0.2) is 18.2 Å². The van der Waals surface area contributed by atoms with Crippen LogP contribution in [0.3, 0.4) is 0 Å². The molecule has 18 heavy (non-hydrogen) atoms. The second-order valence-corrected chi connectivity index (χ2v) is 5.01. The molecule has 4 heteroatoms. The quantitative estimate of drug-likeness (QED) is 0.760. The first kappa shape index (κ1) is 13.2. The third-order valence-electron chi connectivity index (χ3n) is 2.87. The molecule has 1 atom stereocenters. The van der Waals surface area contributed by atoms with Crippen LogP contribution in [0.5, 0.6) is 11.5 Å². The molecule has 0 saturated heterocycles. The van der Waals surface area contributed by atoms with Gasteiger partial charge in [0.15, 0.2) is 0 Å². The molecular weight excluding hydrogens is 230 g/mol. The zero-order valence-electron chi connectivity index (χ0n) is 11.0. The lowest BCUT2D eigenvalue weighted by Crippen LogP contribution is -2.26. The highest BCUT2D eigenvalue weighted by molar-refractivity contribution is 5.44. The Balaban J connectivity index is 1.76. The number of phenolic OH excluding ortho intramolecular Hbond substituents is 1. The van der Waals surface area contributed by atoms with Crippen LogP contribution in [0.2, 0.25) is 0 Å². The molecular formula is C14H21NO3. The van der Waals surface area contributed by atoms with Crippen LogP contribution in [0, 0.1) is 5.92 Å². The zero-order valence-corrected chi connectivity index (χ0v) is 11.0. The number of nitrogens with one attached hydrogen (secondary N) is 1. The van der Waals surface area contributed by atoms with E-state index in [9.17, 15) is 5.11 Å². The summed E-state index contributed by atoms with van der Waals surface area (Å²) in [6.45, 7) is 7.21. The fourth-order valence-electron chi connectivity index (χ4n) is 1.99.